The summed E-state index contributed by atoms with van der Waals surface area (Å²) in [6, 6.07) is 15.3. The first kappa shape index (κ1) is 9.72. The number of aromatic amines is 1. The third-order valence-corrected chi connectivity index (χ3v) is 2.55. The highest BCUT2D eigenvalue weighted by Gasteiger charge is 2.09. The number of hydrogen-bond acceptors (Lipinski definition) is 3. The van der Waals surface area contributed by atoms with Gasteiger partial charge in [0.25, 0.3) is 0 Å². The molecule has 0 saturated carbocycles. The average Bonchev–Trinajstić information content (AvgIpc) is 2.74. The lowest BCUT2D eigenvalue weighted by Gasteiger charge is -2.06. The van der Waals surface area contributed by atoms with Gasteiger partial charge in [-0.05, 0) is 24.3 Å². The van der Waals surface area contributed by atoms with Gasteiger partial charge in [-0.25, -0.2) is 0 Å². The van der Waals surface area contributed by atoms with Gasteiger partial charge >= 0.3 is 0 Å². The zero-order valence-corrected chi connectivity index (χ0v) is 9.05. The van der Waals surface area contributed by atoms with Crippen LogP contribution in [0.4, 0.5) is 5.82 Å². The maximum absolute atomic E-state index is 5.81. The maximum atomic E-state index is 5.81. The highest BCUT2D eigenvalue weighted by atomic mass is 16.5. The number of nitrogen functional groups attached to an aromatic ring is 1. The largest absolute Gasteiger partial charge is 0.457 e. The number of H-pyrrole nitrogens is 1. The fourth-order valence-corrected chi connectivity index (χ4v) is 1.77. The third kappa shape index (κ3) is 1.69. The van der Waals surface area contributed by atoms with Crippen molar-refractivity contribution in [3.05, 3.63) is 48.5 Å². The van der Waals surface area contributed by atoms with Crippen LogP contribution in [0.5, 0.6) is 11.5 Å². The van der Waals surface area contributed by atoms with E-state index >= 15 is 0 Å². The second kappa shape index (κ2) is 3.83. The van der Waals surface area contributed by atoms with Gasteiger partial charge in [-0.2, -0.15) is 5.10 Å². The summed E-state index contributed by atoms with van der Waals surface area (Å²) in [5.41, 5.74) is 6.68. The zero-order chi connectivity index (χ0) is 11.7. The SMILES string of the molecule is Nc1n[nH]c2cccc(Oc3ccccc3)c12. The molecule has 0 aliphatic heterocycles. The van der Waals surface area contributed by atoms with Crippen LogP contribution in [0.25, 0.3) is 10.9 Å². The lowest BCUT2D eigenvalue weighted by Crippen LogP contribution is -1.88. The summed E-state index contributed by atoms with van der Waals surface area (Å²) in [5, 5.41) is 7.65. The number of para-hydroxylation sites is 1. The Morgan fingerprint density at radius 2 is 1.82 bits per heavy atom. The minimum atomic E-state index is 0.450. The molecule has 3 N–H and O–H groups in total. The highest BCUT2D eigenvalue weighted by molar-refractivity contribution is 5.94. The predicted molar refractivity (Wildman–Crippen MR) is 67.0 cm³/mol. The minimum Gasteiger partial charge on any atom is -0.457 e. The van der Waals surface area contributed by atoms with E-state index in [1.807, 2.05) is 48.5 Å². The molecule has 0 bridgehead atoms. The highest BCUT2D eigenvalue weighted by Crippen LogP contribution is 2.32. The average molecular weight is 225 g/mol. The second-order valence-electron chi connectivity index (χ2n) is 3.70. The molecular formula is C13H11N3O. The van der Waals surface area contributed by atoms with Gasteiger partial charge in [-0.15, -0.1) is 0 Å². The lowest BCUT2D eigenvalue weighted by atomic mass is 10.2. The number of anilines is 1. The Kier molecular flexibility index (Phi) is 2.19. The van der Waals surface area contributed by atoms with Gasteiger partial charge in [0.2, 0.25) is 0 Å². The molecule has 1 aromatic heterocycles. The zero-order valence-electron chi connectivity index (χ0n) is 9.05. The molecule has 0 aliphatic rings. The molecule has 1 heterocycles. The number of ether oxygens (including phenoxy) is 1. The Hall–Kier alpha value is -2.49. The third-order valence-electron chi connectivity index (χ3n) is 2.55. The summed E-state index contributed by atoms with van der Waals surface area (Å²) in [7, 11) is 0. The van der Waals surface area contributed by atoms with Gasteiger partial charge in [0, 0.05) is 0 Å². The molecule has 3 aromatic rings. The molecule has 0 saturated heterocycles. The maximum Gasteiger partial charge on any atom is 0.156 e. The van der Waals surface area contributed by atoms with Crippen molar-refractivity contribution in [3.63, 3.8) is 0 Å². The van der Waals surface area contributed by atoms with Gasteiger partial charge in [-0.1, -0.05) is 24.3 Å². The van der Waals surface area contributed by atoms with Crippen LogP contribution in [0, 0.1) is 0 Å². The van der Waals surface area contributed by atoms with Crippen molar-refractivity contribution in [2.24, 2.45) is 0 Å². The first-order chi connectivity index (χ1) is 8.34. The summed E-state index contributed by atoms with van der Waals surface area (Å²) < 4.78 is 5.79. The number of fused-ring (bicyclic) bond motifs is 1. The van der Waals surface area contributed by atoms with Gasteiger partial charge in [0.05, 0.1) is 10.9 Å². The second-order valence-corrected chi connectivity index (χ2v) is 3.70. The van der Waals surface area contributed by atoms with Crippen LogP contribution >= 0.6 is 0 Å². The normalized spacial score (nSPS) is 10.6. The van der Waals surface area contributed by atoms with E-state index in [4.69, 9.17) is 10.5 Å². The quantitative estimate of drug-likeness (QED) is 0.704. The van der Waals surface area contributed by atoms with Gasteiger partial charge < -0.3 is 10.5 Å². The van der Waals surface area contributed by atoms with E-state index in [9.17, 15) is 0 Å². The van der Waals surface area contributed by atoms with Crippen molar-refractivity contribution in [1.29, 1.82) is 0 Å². The number of benzene rings is 2. The molecule has 0 unspecified atom stereocenters. The Bertz CT molecular complexity index is 646. The first-order valence-electron chi connectivity index (χ1n) is 5.30. The number of hydrogen-bond donors (Lipinski definition) is 2. The number of rotatable bonds is 2. The number of aromatic nitrogens is 2. The molecule has 0 atom stereocenters. The molecule has 84 valence electrons. The van der Waals surface area contributed by atoms with Crippen molar-refractivity contribution in [2.45, 2.75) is 0 Å². The Morgan fingerprint density at radius 3 is 2.65 bits per heavy atom. The van der Waals surface area contributed by atoms with Crippen molar-refractivity contribution >= 4 is 16.7 Å². The summed E-state index contributed by atoms with van der Waals surface area (Å²) in [6.45, 7) is 0. The van der Waals surface area contributed by atoms with E-state index in [0.29, 0.717) is 11.6 Å². The van der Waals surface area contributed by atoms with E-state index in [2.05, 4.69) is 10.2 Å². The van der Waals surface area contributed by atoms with Crippen LogP contribution < -0.4 is 10.5 Å². The van der Waals surface area contributed by atoms with Crippen molar-refractivity contribution < 1.29 is 4.74 Å². The van der Waals surface area contributed by atoms with Crippen LogP contribution in [0.3, 0.4) is 0 Å². The molecule has 4 heteroatoms. The van der Waals surface area contributed by atoms with Crippen molar-refractivity contribution in [1.82, 2.24) is 10.2 Å². The monoisotopic (exact) mass is 225 g/mol. The summed E-state index contributed by atoms with van der Waals surface area (Å²) in [6.07, 6.45) is 0. The summed E-state index contributed by atoms with van der Waals surface area (Å²) >= 11 is 0. The van der Waals surface area contributed by atoms with Crippen LogP contribution in [0.2, 0.25) is 0 Å². The number of nitrogens with one attached hydrogen (secondary N) is 1. The van der Waals surface area contributed by atoms with Gasteiger partial charge in [0.1, 0.15) is 11.5 Å². The Morgan fingerprint density at radius 1 is 1.00 bits per heavy atom. The molecule has 3 rings (SSSR count). The van der Waals surface area contributed by atoms with Crippen LogP contribution in [0.1, 0.15) is 0 Å². The summed E-state index contributed by atoms with van der Waals surface area (Å²) in [4.78, 5) is 0. The van der Waals surface area contributed by atoms with Crippen molar-refractivity contribution in [3.8, 4) is 11.5 Å². The number of nitrogens with two attached hydrogens (primary N) is 1. The fourth-order valence-electron chi connectivity index (χ4n) is 1.77. The molecule has 0 amide bonds. The smallest absolute Gasteiger partial charge is 0.156 e. The van der Waals surface area contributed by atoms with E-state index in [0.717, 1.165) is 16.7 Å². The van der Waals surface area contributed by atoms with Gasteiger partial charge in [-0.3, -0.25) is 5.10 Å². The topological polar surface area (TPSA) is 63.9 Å². The molecule has 4 nitrogen and oxygen atoms in total. The Labute approximate surface area is 98.0 Å². The van der Waals surface area contributed by atoms with E-state index in [-0.39, 0.29) is 0 Å². The summed E-state index contributed by atoms with van der Waals surface area (Å²) in [5.74, 6) is 1.94. The minimum absolute atomic E-state index is 0.450. The molecule has 0 radical (unpaired) electrons. The van der Waals surface area contributed by atoms with E-state index in [1.165, 1.54) is 0 Å². The molecule has 0 spiro atoms. The molecule has 0 aliphatic carbocycles. The lowest BCUT2D eigenvalue weighted by molar-refractivity contribution is 0.488. The van der Waals surface area contributed by atoms with E-state index in [1.54, 1.807) is 0 Å². The van der Waals surface area contributed by atoms with Gasteiger partial charge in [0.15, 0.2) is 5.82 Å². The standard InChI is InChI=1S/C13H11N3O/c14-13-12-10(15-16-13)7-4-8-11(12)17-9-5-2-1-3-6-9/h1-8H,(H3,14,15,16). The molecule has 2 aromatic carbocycles. The van der Waals surface area contributed by atoms with Crippen molar-refractivity contribution in [2.75, 3.05) is 5.73 Å². The van der Waals surface area contributed by atoms with Crippen LogP contribution in [-0.2, 0) is 0 Å². The molecule has 0 fully saturated rings. The van der Waals surface area contributed by atoms with Crippen LogP contribution in [-0.4, -0.2) is 10.2 Å². The number of nitrogens with zero attached hydrogens (tertiary/aromatic N) is 1. The Balaban J connectivity index is 2.09. The van der Waals surface area contributed by atoms with E-state index < -0.39 is 0 Å². The predicted octanol–water partition coefficient (Wildman–Crippen LogP) is 2.94. The molecular weight excluding hydrogens is 214 g/mol. The molecule has 17 heavy (non-hydrogen) atoms. The fraction of sp³-hybridized carbons (Fsp3) is 0. The first-order valence-corrected chi connectivity index (χ1v) is 5.30. The van der Waals surface area contributed by atoms with Crippen LogP contribution in [0.15, 0.2) is 48.5 Å².